The largest absolute Gasteiger partial charge is 0.481 e. The Hall–Kier alpha value is -2.69. The molecule has 1 heterocycles. The highest BCUT2D eigenvalue weighted by Gasteiger charge is 2.71. The summed E-state index contributed by atoms with van der Waals surface area (Å²) in [6.45, 7) is 22.5. The molecule has 0 aliphatic heterocycles. The van der Waals surface area contributed by atoms with Crippen LogP contribution >= 0.6 is 0 Å². The number of carbonyl (C=O) groups is 3. The molecule has 0 bridgehead atoms. The van der Waals surface area contributed by atoms with Gasteiger partial charge < -0.3 is 19.8 Å². The van der Waals surface area contributed by atoms with Crippen LogP contribution in [0.25, 0.3) is 0 Å². The van der Waals surface area contributed by atoms with E-state index in [1.165, 1.54) is 5.57 Å². The van der Waals surface area contributed by atoms with Crippen LogP contribution in [0.3, 0.4) is 0 Å². The molecule has 56 heavy (non-hydrogen) atoms. The Kier molecular flexibility index (Phi) is 11.6. The van der Waals surface area contributed by atoms with E-state index in [0.717, 1.165) is 75.6 Å². The second-order valence-corrected chi connectivity index (χ2v) is 21.4. The number of ketones is 1. The fourth-order valence-corrected chi connectivity index (χ4v) is 13.6. The minimum Gasteiger partial charge on any atom is -0.481 e. The monoisotopic (exact) mass is 777 g/mol. The van der Waals surface area contributed by atoms with Crippen molar-refractivity contribution in [2.45, 2.75) is 145 Å². The summed E-state index contributed by atoms with van der Waals surface area (Å²) in [4.78, 5) is 52.2. The molecular weight excluding hydrogens is 705 g/mol. The first kappa shape index (κ1) is 42.9. The summed E-state index contributed by atoms with van der Waals surface area (Å²) < 4.78 is 6.19. The number of carboxylic acids is 1. The Balaban J connectivity index is 1.29. The van der Waals surface area contributed by atoms with Gasteiger partial charge in [0.05, 0.1) is 17.9 Å². The first-order valence-electron chi connectivity index (χ1n) is 21.5. The van der Waals surface area contributed by atoms with Gasteiger partial charge in [-0.15, -0.1) is 0 Å². The van der Waals surface area contributed by atoms with Gasteiger partial charge in [-0.05, 0) is 125 Å². The standard InChI is InChI=1S/C46H72N4O6/c1-29(2)38-32(51)22-46(35(52)27-50(21-20-49(10)11)26-30-24-47-28-48-25-30)19-18-44(8)31(39(38)46)12-13-34-43(7)16-15-36(56-37(53)23-41(3,4)40(54)55)42(5,6)33(43)14-17-45(34,44)9/h24-25,28-29,31,33-36,52H,12-23,26-27H2,1-11H3,(H,54,55)/t31-,33+,34-,35?,36+,43+,44-,45-,46?/m1/s1. The summed E-state index contributed by atoms with van der Waals surface area (Å²) >= 11 is 0. The quantitative estimate of drug-likeness (QED) is 0.193. The van der Waals surface area contributed by atoms with Crippen molar-refractivity contribution in [1.29, 1.82) is 0 Å². The zero-order valence-electron chi connectivity index (χ0n) is 36.4. The Morgan fingerprint density at radius 1 is 0.929 bits per heavy atom. The summed E-state index contributed by atoms with van der Waals surface area (Å²) in [5.74, 6) is -0.0122. The third-order valence-electron chi connectivity index (χ3n) is 16.8. The van der Waals surface area contributed by atoms with Gasteiger partial charge in [-0.3, -0.25) is 19.3 Å². The van der Waals surface area contributed by atoms with Crippen molar-refractivity contribution in [2.24, 2.45) is 56.2 Å². The molecule has 4 saturated carbocycles. The highest BCUT2D eigenvalue weighted by atomic mass is 16.5. The molecule has 9 atom stereocenters. The second kappa shape index (κ2) is 15.2. The van der Waals surface area contributed by atoms with E-state index in [9.17, 15) is 24.6 Å². The molecule has 0 radical (unpaired) electrons. The number of aliphatic carboxylic acids is 1. The number of ether oxygens (including phenoxy) is 1. The van der Waals surface area contributed by atoms with Crippen molar-refractivity contribution in [3.05, 3.63) is 35.4 Å². The molecule has 312 valence electrons. The van der Waals surface area contributed by atoms with E-state index in [2.05, 4.69) is 82.3 Å². The van der Waals surface area contributed by atoms with Gasteiger partial charge in [0, 0.05) is 61.4 Å². The van der Waals surface area contributed by atoms with Crippen molar-refractivity contribution < 1.29 is 29.3 Å². The molecule has 6 rings (SSSR count). The predicted molar refractivity (Wildman–Crippen MR) is 217 cm³/mol. The highest BCUT2D eigenvalue weighted by Crippen LogP contribution is 2.77. The first-order chi connectivity index (χ1) is 26.0. The molecule has 1 aromatic rings. The van der Waals surface area contributed by atoms with Crippen LogP contribution in [0, 0.1) is 56.2 Å². The Morgan fingerprint density at radius 3 is 2.23 bits per heavy atom. The van der Waals surface area contributed by atoms with E-state index < -0.39 is 28.9 Å². The molecule has 0 saturated heterocycles. The van der Waals surface area contributed by atoms with Gasteiger partial charge in [0.25, 0.3) is 0 Å². The molecule has 0 spiro atoms. The molecule has 2 unspecified atom stereocenters. The molecule has 5 aliphatic carbocycles. The number of carbonyl (C=O) groups excluding carboxylic acids is 2. The molecule has 10 nitrogen and oxygen atoms in total. The summed E-state index contributed by atoms with van der Waals surface area (Å²) in [6.07, 6.45) is 12.3. The number of carboxylic acid groups (broad SMARTS) is 1. The SMILES string of the molecule is CC(C)C1=C2[C@H]3CC[C@@H]4[C@@]5(C)CC[C@H](OC(=O)CC(C)(C)C(=O)O)C(C)(C)[C@@H]5CC[C@@]4(C)[C@]3(C)CCC2(C(O)CN(CCN(C)C)Cc2cncnc2)CC1=O. The number of hydrogen-bond donors (Lipinski definition) is 2. The van der Waals surface area contributed by atoms with E-state index in [-0.39, 0.29) is 51.8 Å². The molecular formula is C46H72N4O6. The minimum atomic E-state index is -1.17. The lowest BCUT2D eigenvalue weighted by molar-refractivity contribution is -0.235. The number of likely N-dealkylation sites (N-methyl/N-ethyl adjacent to an activating group) is 1. The van der Waals surface area contributed by atoms with E-state index in [1.54, 1.807) is 20.2 Å². The number of aromatic nitrogens is 2. The zero-order valence-corrected chi connectivity index (χ0v) is 36.4. The lowest BCUT2D eigenvalue weighted by atomic mass is 9.33. The first-order valence-corrected chi connectivity index (χ1v) is 21.5. The van der Waals surface area contributed by atoms with Gasteiger partial charge >= 0.3 is 11.9 Å². The van der Waals surface area contributed by atoms with Gasteiger partial charge in [-0.25, -0.2) is 9.97 Å². The van der Waals surface area contributed by atoms with Crippen molar-refractivity contribution >= 4 is 17.7 Å². The average Bonchev–Trinajstić information content (AvgIpc) is 3.42. The third kappa shape index (κ3) is 7.09. The van der Waals surface area contributed by atoms with Crippen LogP contribution in [-0.2, 0) is 25.7 Å². The van der Waals surface area contributed by atoms with Gasteiger partial charge in [0.1, 0.15) is 12.4 Å². The van der Waals surface area contributed by atoms with Gasteiger partial charge in [-0.2, -0.15) is 0 Å². The molecule has 5 aliphatic rings. The molecule has 1 aromatic heterocycles. The van der Waals surface area contributed by atoms with Crippen LogP contribution in [0.5, 0.6) is 0 Å². The number of aliphatic hydroxyl groups excluding tert-OH is 1. The number of Topliss-reactive ketones (excluding diaryl/α,β-unsaturated/α-hetero) is 1. The lowest BCUT2D eigenvalue weighted by Gasteiger charge is -2.72. The van der Waals surface area contributed by atoms with Gasteiger partial charge in [0.2, 0.25) is 0 Å². The van der Waals surface area contributed by atoms with Crippen LogP contribution in [0.15, 0.2) is 29.9 Å². The predicted octanol–water partition coefficient (Wildman–Crippen LogP) is 7.59. The highest BCUT2D eigenvalue weighted by molar-refractivity contribution is 6.00. The summed E-state index contributed by atoms with van der Waals surface area (Å²) in [7, 11) is 4.15. The number of nitrogens with zero attached hydrogens (tertiary/aromatic N) is 4. The van der Waals surface area contributed by atoms with Crippen LogP contribution in [0.2, 0.25) is 0 Å². The van der Waals surface area contributed by atoms with E-state index >= 15 is 0 Å². The normalized spacial score (nSPS) is 35.9. The molecule has 2 N–H and O–H groups in total. The second-order valence-electron chi connectivity index (χ2n) is 21.4. The maximum absolute atomic E-state index is 14.3. The number of allylic oxidation sites excluding steroid dienone is 1. The number of hydrogen-bond acceptors (Lipinski definition) is 9. The van der Waals surface area contributed by atoms with Gasteiger partial charge in [0.15, 0.2) is 5.78 Å². The van der Waals surface area contributed by atoms with E-state index in [1.807, 2.05) is 12.4 Å². The number of rotatable bonds is 13. The van der Waals surface area contributed by atoms with Crippen LogP contribution in [0.1, 0.15) is 132 Å². The zero-order chi connectivity index (χ0) is 41.2. The van der Waals surface area contributed by atoms with Crippen LogP contribution < -0.4 is 0 Å². The molecule has 0 amide bonds. The number of fused-ring (bicyclic) bond motifs is 7. The summed E-state index contributed by atoms with van der Waals surface area (Å²) in [6, 6.07) is 0. The van der Waals surface area contributed by atoms with Crippen molar-refractivity contribution in [3.63, 3.8) is 0 Å². The third-order valence-corrected chi connectivity index (χ3v) is 16.8. The van der Waals surface area contributed by atoms with Crippen LogP contribution in [-0.4, -0.2) is 93.6 Å². The summed E-state index contributed by atoms with van der Waals surface area (Å²) in [5, 5.41) is 22.3. The Morgan fingerprint density at radius 2 is 1.61 bits per heavy atom. The van der Waals surface area contributed by atoms with Crippen molar-refractivity contribution in [3.8, 4) is 0 Å². The molecule has 0 aromatic carbocycles. The number of esters is 1. The minimum absolute atomic E-state index is 0.0327. The van der Waals surface area contributed by atoms with Crippen molar-refractivity contribution in [2.75, 3.05) is 33.7 Å². The lowest BCUT2D eigenvalue weighted by Crippen LogP contribution is -2.66. The smallest absolute Gasteiger partial charge is 0.309 e. The van der Waals surface area contributed by atoms with Crippen molar-refractivity contribution in [1.82, 2.24) is 19.8 Å². The van der Waals surface area contributed by atoms with E-state index in [4.69, 9.17) is 4.74 Å². The number of aliphatic hydroxyl groups is 1. The maximum Gasteiger partial charge on any atom is 0.309 e. The maximum atomic E-state index is 14.3. The topological polar surface area (TPSA) is 133 Å². The fourth-order valence-electron chi connectivity index (χ4n) is 13.6. The molecule has 10 heteroatoms. The van der Waals surface area contributed by atoms with Gasteiger partial charge in [-0.1, -0.05) is 54.0 Å². The molecule has 4 fully saturated rings. The fraction of sp³-hybridized carbons (Fsp3) is 0.804. The van der Waals surface area contributed by atoms with E-state index in [0.29, 0.717) is 31.3 Å². The Labute approximate surface area is 336 Å². The summed E-state index contributed by atoms with van der Waals surface area (Å²) in [5.41, 5.74) is 1.37. The Bertz CT molecular complexity index is 1690. The average molecular weight is 777 g/mol. The van der Waals surface area contributed by atoms with Crippen LogP contribution in [0.4, 0.5) is 0 Å².